The average Bonchev–Trinajstić information content (AvgIpc) is 2.74. The summed E-state index contributed by atoms with van der Waals surface area (Å²) in [6, 6.07) is 10.3. The normalized spacial score (nSPS) is 18.2. The molecule has 4 nitrogen and oxygen atoms in total. The van der Waals surface area contributed by atoms with Crippen molar-refractivity contribution in [2.75, 3.05) is 39.3 Å². The van der Waals surface area contributed by atoms with Gasteiger partial charge in [0.2, 0.25) is 5.91 Å². The summed E-state index contributed by atoms with van der Waals surface area (Å²) in [6.45, 7) is 7.37. The lowest BCUT2D eigenvalue weighted by molar-refractivity contribution is -0.122. The Balaban J connectivity index is 1.71. The molecular weight excluding hydrogens is 250 g/mol. The van der Waals surface area contributed by atoms with Gasteiger partial charge in [0, 0.05) is 19.6 Å². The minimum absolute atomic E-state index is 0.134. The molecule has 2 N–H and O–H groups in total. The number of benzene rings is 1. The van der Waals surface area contributed by atoms with E-state index in [0.717, 1.165) is 32.6 Å². The van der Waals surface area contributed by atoms with Crippen LogP contribution < -0.4 is 10.6 Å². The second-order valence-corrected chi connectivity index (χ2v) is 5.50. The van der Waals surface area contributed by atoms with Gasteiger partial charge in [-0.15, -0.1) is 0 Å². The SMILES string of the molecule is CC(CNC(=O)CN1CCCNCC1)c1ccccc1. The van der Waals surface area contributed by atoms with E-state index in [4.69, 9.17) is 0 Å². The summed E-state index contributed by atoms with van der Waals surface area (Å²) < 4.78 is 0. The number of carbonyl (C=O) groups excluding carboxylic acids is 1. The fraction of sp³-hybridized carbons (Fsp3) is 0.562. The molecule has 4 heteroatoms. The van der Waals surface area contributed by atoms with Crippen molar-refractivity contribution in [1.29, 1.82) is 0 Å². The van der Waals surface area contributed by atoms with Gasteiger partial charge in [-0.3, -0.25) is 9.69 Å². The molecule has 1 aliphatic heterocycles. The highest BCUT2D eigenvalue weighted by atomic mass is 16.2. The van der Waals surface area contributed by atoms with E-state index in [0.29, 0.717) is 19.0 Å². The molecule has 0 aliphatic carbocycles. The number of hydrogen-bond donors (Lipinski definition) is 2. The predicted molar refractivity (Wildman–Crippen MR) is 81.8 cm³/mol. The predicted octanol–water partition coefficient (Wildman–Crippen LogP) is 1.20. The van der Waals surface area contributed by atoms with Crippen LogP contribution in [0.3, 0.4) is 0 Å². The zero-order valence-electron chi connectivity index (χ0n) is 12.3. The molecule has 1 unspecified atom stereocenters. The molecule has 0 aromatic heterocycles. The van der Waals surface area contributed by atoms with Crippen molar-refractivity contribution >= 4 is 5.91 Å². The molecule has 1 amide bonds. The largest absolute Gasteiger partial charge is 0.354 e. The van der Waals surface area contributed by atoms with Crippen LogP contribution in [0.4, 0.5) is 0 Å². The van der Waals surface area contributed by atoms with E-state index in [1.54, 1.807) is 0 Å². The minimum Gasteiger partial charge on any atom is -0.354 e. The first kappa shape index (κ1) is 15.0. The van der Waals surface area contributed by atoms with Crippen LogP contribution in [0.1, 0.15) is 24.8 Å². The molecule has 0 saturated carbocycles. The molecule has 20 heavy (non-hydrogen) atoms. The first-order valence-corrected chi connectivity index (χ1v) is 7.50. The van der Waals surface area contributed by atoms with Gasteiger partial charge in [-0.1, -0.05) is 37.3 Å². The Bertz CT molecular complexity index is 399. The standard InChI is InChI=1S/C16H25N3O/c1-14(15-6-3-2-4-7-15)12-18-16(20)13-19-10-5-8-17-9-11-19/h2-4,6-7,14,17H,5,8-13H2,1H3,(H,18,20). The molecule has 2 rings (SSSR count). The van der Waals surface area contributed by atoms with Crippen LogP contribution >= 0.6 is 0 Å². The van der Waals surface area contributed by atoms with Crippen LogP contribution in [0.15, 0.2) is 30.3 Å². The van der Waals surface area contributed by atoms with E-state index in [-0.39, 0.29) is 5.91 Å². The Morgan fingerprint density at radius 3 is 2.90 bits per heavy atom. The Kier molecular flexibility index (Phi) is 6.02. The van der Waals surface area contributed by atoms with E-state index in [1.165, 1.54) is 5.56 Å². The maximum Gasteiger partial charge on any atom is 0.234 e. The van der Waals surface area contributed by atoms with Gasteiger partial charge in [0.05, 0.1) is 6.54 Å². The first-order valence-electron chi connectivity index (χ1n) is 7.50. The van der Waals surface area contributed by atoms with Crippen LogP contribution in [0.2, 0.25) is 0 Å². The van der Waals surface area contributed by atoms with Crippen LogP contribution in [0, 0.1) is 0 Å². The van der Waals surface area contributed by atoms with Gasteiger partial charge in [-0.2, -0.15) is 0 Å². The van der Waals surface area contributed by atoms with Crippen LogP contribution in [0.5, 0.6) is 0 Å². The lowest BCUT2D eigenvalue weighted by Gasteiger charge is -2.19. The lowest BCUT2D eigenvalue weighted by Crippen LogP contribution is -2.40. The molecule has 1 saturated heterocycles. The van der Waals surface area contributed by atoms with Gasteiger partial charge in [0.25, 0.3) is 0 Å². The Morgan fingerprint density at radius 1 is 1.30 bits per heavy atom. The van der Waals surface area contributed by atoms with Crippen molar-refractivity contribution in [2.24, 2.45) is 0 Å². The van der Waals surface area contributed by atoms with Crippen molar-refractivity contribution < 1.29 is 4.79 Å². The fourth-order valence-electron chi connectivity index (χ4n) is 2.49. The van der Waals surface area contributed by atoms with Crippen molar-refractivity contribution in [3.05, 3.63) is 35.9 Å². The Morgan fingerprint density at radius 2 is 2.10 bits per heavy atom. The van der Waals surface area contributed by atoms with Crippen molar-refractivity contribution in [3.8, 4) is 0 Å². The van der Waals surface area contributed by atoms with Crippen LogP contribution in [-0.4, -0.2) is 50.1 Å². The van der Waals surface area contributed by atoms with Gasteiger partial charge in [-0.05, 0) is 31.0 Å². The summed E-state index contributed by atoms with van der Waals surface area (Å²) in [7, 11) is 0. The van der Waals surface area contributed by atoms with Crippen LogP contribution in [0.25, 0.3) is 0 Å². The third-order valence-corrected chi connectivity index (χ3v) is 3.77. The van der Waals surface area contributed by atoms with Gasteiger partial charge in [0.15, 0.2) is 0 Å². The number of nitrogens with one attached hydrogen (secondary N) is 2. The number of hydrogen-bond acceptors (Lipinski definition) is 3. The van der Waals surface area contributed by atoms with Crippen molar-refractivity contribution in [2.45, 2.75) is 19.3 Å². The number of carbonyl (C=O) groups is 1. The molecule has 1 aromatic rings. The fourth-order valence-corrected chi connectivity index (χ4v) is 2.49. The summed E-state index contributed by atoms with van der Waals surface area (Å²) in [6.07, 6.45) is 1.12. The highest BCUT2D eigenvalue weighted by Gasteiger charge is 2.13. The van der Waals surface area contributed by atoms with Crippen molar-refractivity contribution in [3.63, 3.8) is 0 Å². The second kappa shape index (κ2) is 8.02. The minimum atomic E-state index is 0.134. The third-order valence-electron chi connectivity index (χ3n) is 3.77. The molecule has 0 bridgehead atoms. The van der Waals surface area contributed by atoms with Crippen LogP contribution in [-0.2, 0) is 4.79 Å². The molecule has 110 valence electrons. The maximum atomic E-state index is 12.0. The monoisotopic (exact) mass is 275 g/mol. The van der Waals surface area contributed by atoms with E-state index < -0.39 is 0 Å². The quantitative estimate of drug-likeness (QED) is 0.849. The zero-order chi connectivity index (χ0) is 14.2. The van der Waals surface area contributed by atoms with Gasteiger partial charge >= 0.3 is 0 Å². The highest BCUT2D eigenvalue weighted by molar-refractivity contribution is 5.78. The Labute approximate surface area is 121 Å². The maximum absolute atomic E-state index is 12.0. The lowest BCUT2D eigenvalue weighted by atomic mass is 10.0. The molecule has 1 heterocycles. The zero-order valence-corrected chi connectivity index (χ0v) is 12.3. The van der Waals surface area contributed by atoms with E-state index in [1.807, 2.05) is 18.2 Å². The average molecular weight is 275 g/mol. The van der Waals surface area contributed by atoms with Gasteiger partial charge in [0.1, 0.15) is 0 Å². The number of rotatable bonds is 5. The summed E-state index contributed by atoms with van der Waals surface area (Å²) >= 11 is 0. The summed E-state index contributed by atoms with van der Waals surface area (Å²) in [5.41, 5.74) is 1.27. The molecule has 0 radical (unpaired) electrons. The molecule has 1 atom stereocenters. The molecule has 1 aromatic carbocycles. The summed E-state index contributed by atoms with van der Waals surface area (Å²) in [4.78, 5) is 14.2. The first-order chi connectivity index (χ1) is 9.75. The summed E-state index contributed by atoms with van der Waals surface area (Å²) in [5, 5.41) is 6.40. The third kappa shape index (κ3) is 4.94. The highest BCUT2D eigenvalue weighted by Crippen LogP contribution is 2.12. The number of amides is 1. The van der Waals surface area contributed by atoms with E-state index in [2.05, 4.69) is 34.6 Å². The van der Waals surface area contributed by atoms with Gasteiger partial charge < -0.3 is 10.6 Å². The topological polar surface area (TPSA) is 44.4 Å². The molecule has 1 aliphatic rings. The van der Waals surface area contributed by atoms with Gasteiger partial charge in [-0.25, -0.2) is 0 Å². The van der Waals surface area contributed by atoms with E-state index in [9.17, 15) is 4.79 Å². The molecule has 0 spiro atoms. The second-order valence-electron chi connectivity index (χ2n) is 5.50. The Hall–Kier alpha value is -1.39. The van der Waals surface area contributed by atoms with E-state index >= 15 is 0 Å². The summed E-state index contributed by atoms with van der Waals surface area (Å²) in [5.74, 6) is 0.487. The molecule has 1 fully saturated rings. The molecular formula is C16H25N3O. The smallest absolute Gasteiger partial charge is 0.234 e. The number of nitrogens with zero attached hydrogens (tertiary/aromatic N) is 1. The van der Waals surface area contributed by atoms with Crippen molar-refractivity contribution in [1.82, 2.24) is 15.5 Å².